The van der Waals surface area contributed by atoms with Crippen molar-refractivity contribution in [3.8, 4) is 0 Å². The lowest BCUT2D eigenvalue weighted by atomic mass is 10.2. The number of alkyl halides is 1. The predicted molar refractivity (Wildman–Crippen MR) is 57.8 cm³/mol. The van der Waals surface area contributed by atoms with E-state index in [0.717, 1.165) is 16.8 Å². The number of hydrogen-bond donors (Lipinski definition) is 1. The van der Waals surface area contributed by atoms with E-state index < -0.39 is 0 Å². The second-order valence-electron chi connectivity index (χ2n) is 3.19. The van der Waals surface area contributed by atoms with Gasteiger partial charge in [-0.2, -0.15) is 0 Å². The molecule has 1 unspecified atom stereocenters. The van der Waals surface area contributed by atoms with Gasteiger partial charge in [0.05, 0.1) is 5.39 Å². The molecule has 2 aromatic rings. The highest BCUT2D eigenvalue weighted by Gasteiger charge is 2.06. The van der Waals surface area contributed by atoms with Gasteiger partial charge in [0, 0.05) is 11.9 Å². The molecule has 0 saturated carbocycles. The maximum absolute atomic E-state index is 5.82. The number of halogens is 1. The third kappa shape index (κ3) is 1.82. The standard InChI is InChI=1S/C10H11ClN2O/c1-7(11)6-12-10-8-4-2-3-5-9(8)14-13-10/h2-5,7H,6H2,1H3,(H,12,13). The highest BCUT2D eigenvalue weighted by Crippen LogP contribution is 2.21. The van der Waals surface area contributed by atoms with E-state index in [0.29, 0.717) is 6.54 Å². The summed E-state index contributed by atoms with van der Waals surface area (Å²) in [6.45, 7) is 2.61. The van der Waals surface area contributed by atoms with Gasteiger partial charge in [0.15, 0.2) is 11.4 Å². The number of rotatable bonds is 3. The largest absolute Gasteiger partial charge is 0.365 e. The van der Waals surface area contributed by atoms with E-state index in [1.807, 2.05) is 31.2 Å². The summed E-state index contributed by atoms with van der Waals surface area (Å²) in [7, 11) is 0. The van der Waals surface area contributed by atoms with Crippen molar-refractivity contribution in [2.24, 2.45) is 0 Å². The number of hydrogen-bond acceptors (Lipinski definition) is 3. The lowest BCUT2D eigenvalue weighted by Crippen LogP contribution is -2.10. The second kappa shape index (κ2) is 3.88. The van der Waals surface area contributed by atoms with Crippen LogP contribution in [0.2, 0.25) is 0 Å². The van der Waals surface area contributed by atoms with Crippen molar-refractivity contribution in [1.82, 2.24) is 5.16 Å². The molecule has 0 spiro atoms. The Balaban J connectivity index is 2.25. The van der Waals surface area contributed by atoms with Gasteiger partial charge in [-0.25, -0.2) is 0 Å². The van der Waals surface area contributed by atoms with Crippen LogP contribution in [0.15, 0.2) is 28.8 Å². The van der Waals surface area contributed by atoms with Crippen LogP contribution in [0.5, 0.6) is 0 Å². The van der Waals surface area contributed by atoms with Crippen molar-refractivity contribution < 1.29 is 4.52 Å². The summed E-state index contributed by atoms with van der Waals surface area (Å²) in [5.41, 5.74) is 0.789. The van der Waals surface area contributed by atoms with Crippen LogP contribution in [0, 0.1) is 0 Å². The minimum atomic E-state index is 0.0745. The zero-order valence-electron chi connectivity index (χ0n) is 7.83. The maximum Gasteiger partial charge on any atom is 0.177 e. The van der Waals surface area contributed by atoms with Crippen molar-refractivity contribution >= 4 is 28.4 Å². The van der Waals surface area contributed by atoms with Crippen LogP contribution in [-0.2, 0) is 0 Å². The molecule has 0 saturated heterocycles. The molecule has 0 aliphatic heterocycles. The minimum Gasteiger partial charge on any atom is -0.365 e. The topological polar surface area (TPSA) is 38.1 Å². The summed E-state index contributed by atoms with van der Waals surface area (Å²) in [5, 5.41) is 8.12. The monoisotopic (exact) mass is 210 g/mol. The van der Waals surface area contributed by atoms with Gasteiger partial charge in [-0.3, -0.25) is 0 Å². The normalized spacial score (nSPS) is 13.0. The molecule has 0 radical (unpaired) electrons. The van der Waals surface area contributed by atoms with Crippen LogP contribution >= 0.6 is 11.6 Å². The molecule has 1 N–H and O–H groups in total. The van der Waals surface area contributed by atoms with Gasteiger partial charge in [-0.1, -0.05) is 17.3 Å². The summed E-state index contributed by atoms with van der Waals surface area (Å²) in [6.07, 6.45) is 0. The van der Waals surface area contributed by atoms with Crippen LogP contribution in [0.25, 0.3) is 11.0 Å². The van der Waals surface area contributed by atoms with Gasteiger partial charge < -0.3 is 9.84 Å². The predicted octanol–water partition coefficient (Wildman–Crippen LogP) is 2.87. The molecule has 1 atom stereocenters. The Kier molecular flexibility index (Phi) is 2.59. The third-order valence-corrected chi connectivity index (χ3v) is 2.08. The Morgan fingerprint density at radius 1 is 1.50 bits per heavy atom. The fourth-order valence-electron chi connectivity index (χ4n) is 1.25. The molecule has 2 rings (SSSR count). The van der Waals surface area contributed by atoms with Crippen molar-refractivity contribution in [2.75, 3.05) is 11.9 Å². The zero-order valence-corrected chi connectivity index (χ0v) is 8.58. The molecular formula is C10H11ClN2O. The molecule has 1 heterocycles. The Hall–Kier alpha value is -1.22. The Morgan fingerprint density at radius 2 is 2.29 bits per heavy atom. The number of aromatic nitrogens is 1. The van der Waals surface area contributed by atoms with Gasteiger partial charge >= 0.3 is 0 Å². The van der Waals surface area contributed by atoms with Crippen LogP contribution in [0.4, 0.5) is 5.82 Å². The molecule has 1 aromatic carbocycles. The van der Waals surface area contributed by atoms with Crippen molar-refractivity contribution in [3.63, 3.8) is 0 Å². The van der Waals surface area contributed by atoms with E-state index in [4.69, 9.17) is 16.1 Å². The molecular weight excluding hydrogens is 200 g/mol. The molecule has 0 aliphatic rings. The van der Waals surface area contributed by atoms with E-state index in [2.05, 4.69) is 10.5 Å². The summed E-state index contributed by atoms with van der Waals surface area (Å²) in [4.78, 5) is 0. The molecule has 0 amide bonds. The van der Waals surface area contributed by atoms with Crippen LogP contribution in [0.3, 0.4) is 0 Å². The first-order valence-electron chi connectivity index (χ1n) is 4.50. The van der Waals surface area contributed by atoms with E-state index >= 15 is 0 Å². The van der Waals surface area contributed by atoms with E-state index in [1.165, 1.54) is 0 Å². The molecule has 4 heteroatoms. The third-order valence-electron chi connectivity index (χ3n) is 1.93. The summed E-state index contributed by atoms with van der Waals surface area (Å²) in [5.74, 6) is 0.758. The minimum absolute atomic E-state index is 0.0745. The summed E-state index contributed by atoms with van der Waals surface area (Å²) >= 11 is 5.82. The summed E-state index contributed by atoms with van der Waals surface area (Å²) in [6, 6.07) is 7.72. The van der Waals surface area contributed by atoms with Crippen molar-refractivity contribution in [3.05, 3.63) is 24.3 Å². The lowest BCUT2D eigenvalue weighted by molar-refractivity contribution is 0.459. The van der Waals surface area contributed by atoms with Crippen molar-refractivity contribution in [1.29, 1.82) is 0 Å². The molecule has 0 fully saturated rings. The number of nitrogens with zero attached hydrogens (tertiary/aromatic N) is 1. The number of anilines is 1. The van der Waals surface area contributed by atoms with Gasteiger partial charge in [0.25, 0.3) is 0 Å². The van der Waals surface area contributed by atoms with E-state index in [1.54, 1.807) is 0 Å². The average molecular weight is 211 g/mol. The first-order valence-corrected chi connectivity index (χ1v) is 4.93. The number of nitrogens with one attached hydrogen (secondary N) is 1. The second-order valence-corrected chi connectivity index (χ2v) is 3.93. The number of para-hydroxylation sites is 1. The Bertz CT molecular complexity index is 425. The van der Waals surface area contributed by atoms with E-state index in [-0.39, 0.29) is 5.38 Å². The Labute approximate surface area is 87.0 Å². The SMILES string of the molecule is CC(Cl)CNc1noc2ccccc12. The smallest absolute Gasteiger partial charge is 0.177 e. The number of fused-ring (bicyclic) bond motifs is 1. The quantitative estimate of drug-likeness (QED) is 0.792. The van der Waals surface area contributed by atoms with Crippen molar-refractivity contribution in [2.45, 2.75) is 12.3 Å². The molecule has 1 aromatic heterocycles. The van der Waals surface area contributed by atoms with Gasteiger partial charge in [-0.15, -0.1) is 11.6 Å². The average Bonchev–Trinajstić information content (AvgIpc) is 2.58. The Morgan fingerprint density at radius 3 is 3.07 bits per heavy atom. The van der Waals surface area contributed by atoms with Crippen LogP contribution in [-0.4, -0.2) is 17.1 Å². The van der Waals surface area contributed by atoms with E-state index in [9.17, 15) is 0 Å². The maximum atomic E-state index is 5.82. The molecule has 3 nitrogen and oxygen atoms in total. The first kappa shape index (κ1) is 9.34. The van der Waals surface area contributed by atoms with Gasteiger partial charge in [0.1, 0.15) is 0 Å². The highest BCUT2D eigenvalue weighted by atomic mass is 35.5. The van der Waals surface area contributed by atoms with Crippen LogP contribution in [0.1, 0.15) is 6.92 Å². The first-order chi connectivity index (χ1) is 6.77. The van der Waals surface area contributed by atoms with Gasteiger partial charge in [0.2, 0.25) is 0 Å². The summed E-state index contributed by atoms with van der Waals surface area (Å²) < 4.78 is 5.13. The molecule has 74 valence electrons. The zero-order chi connectivity index (χ0) is 9.97. The molecule has 14 heavy (non-hydrogen) atoms. The van der Waals surface area contributed by atoms with Gasteiger partial charge in [-0.05, 0) is 19.1 Å². The lowest BCUT2D eigenvalue weighted by Gasteiger charge is -2.03. The highest BCUT2D eigenvalue weighted by molar-refractivity contribution is 6.20. The fourth-order valence-corrected chi connectivity index (χ4v) is 1.33. The number of benzene rings is 1. The molecule has 0 bridgehead atoms. The van der Waals surface area contributed by atoms with Crippen LogP contribution < -0.4 is 5.32 Å². The fraction of sp³-hybridized carbons (Fsp3) is 0.300. The molecule has 0 aliphatic carbocycles.